The number of carboxylic acid groups (broad SMARTS) is 1. The van der Waals surface area contributed by atoms with E-state index in [0.29, 0.717) is 19.4 Å². The van der Waals surface area contributed by atoms with Gasteiger partial charge in [-0.15, -0.1) is 11.3 Å². The molecular formula is C13H17NO3S. The van der Waals surface area contributed by atoms with Crippen LogP contribution in [-0.2, 0) is 9.59 Å². The molecule has 4 nitrogen and oxygen atoms in total. The Morgan fingerprint density at radius 1 is 1.56 bits per heavy atom. The first-order valence-electron chi connectivity index (χ1n) is 5.82. The summed E-state index contributed by atoms with van der Waals surface area (Å²) in [7, 11) is 0. The summed E-state index contributed by atoms with van der Waals surface area (Å²) in [6, 6.07) is 3.86. The Balaban J connectivity index is 2.16. The van der Waals surface area contributed by atoms with E-state index in [-0.39, 0.29) is 11.8 Å². The summed E-state index contributed by atoms with van der Waals surface area (Å²) in [5.41, 5.74) is 0. The number of hydrogen-bond donors (Lipinski definition) is 2. The van der Waals surface area contributed by atoms with Crippen LogP contribution in [-0.4, -0.2) is 23.5 Å². The second-order valence-electron chi connectivity index (χ2n) is 4.02. The number of carbonyl (C=O) groups excluding carboxylic acids is 1. The highest BCUT2D eigenvalue weighted by atomic mass is 32.1. The monoisotopic (exact) mass is 267 g/mol. The minimum absolute atomic E-state index is 0.147. The number of hydrogen-bond acceptors (Lipinski definition) is 3. The van der Waals surface area contributed by atoms with E-state index in [1.165, 1.54) is 6.08 Å². The molecule has 1 heterocycles. The van der Waals surface area contributed by atoms with Gasteiger partial charge in [0.1, 0.15) is 0 Å². The zero-order valence-electron chi connectivity index (χ0n) is 10.3. The van der Waals surface area contributed by atoms with E-state index < -0.39 is 5.97 Å². The molecule has 0 aliphatic carbocycles. The minimum atomic E-state index is -0.793. The Hall–Kier alpha value is -1.62. The lowest BCUT2D eigenvalue weighted by atomic mass is 10.1. The third-order valence-electron chi connectivity index (χ3n) is 2.48. The Labute approximate surface area is 110 Å². The predicted molar refractivity (Wildman–Crippen MR) is 72.4 cm³/mol. The highest BCUT2D eigenvalue weighted by molar-refractivity contribution is 7.10. The Kier molecular flexibility index (Phi) is 6.14. The van der Waals surface area contributed by atoms with Crippen molar-refractivity contribution in [3.8, 4) is 0 Å². The van der Waals surface area contributed by atoms with Crippen LogP contribution < -0.4 is 5.32 Å². The number of rotatable bonds is 7. The average Bonchev–Trinajstić information content (AvgIpc) is 2.84. The van der Waals surface area contributed by atoms with Gasteiger partial charge in [0.2, 0.25) is 5.91 Å². The summed E-state index contributed by atoms with van der Waals surface area (Å²) in [5.74, 6) is -1.30. The van der Waals surface area contributed by atoms with E-state index in [9.17, 15) is 9.59 Å². The first-order chi connectivity index (χ1) is 8.59. The number of carbonyl (C=O) groups is 2. The highest BCUT2D eigenvalue weighted by Gasteiger charge is 2.09. The average molecular weight is 267 g/mol. The smallest absolute Gasteiger partial charge is 0.306 e. The van der Waals surface area contributed by atoms with Gasteiger partial charge >= 0.3 is 5.97 Å². The molecule has 0 aliphatic rings. The number of carboxylic acids is 1. The van der Waals surface area contributed by atoms with E-state index in [1.54, 1.807) is 24.3 Å². The van der Waals surface area contributed by atoms with Crippen LogP contribution in [0.1, 0.15) is 24.6 Å². The van der Waals surface area contributed by atoms with Crippen molar-refractivity contribution in [1.29, 1.82) is 0 Å². The molecule has 98 valence electrons. The van der Waals surface area contributed by atoms with E-state index in [4.69, 9.17) is 5.11 Å². The van der Waals surface area contributed by atoms with Gasteiger partial charge in [-0.2, -0.15) is 0 Å². The van der Waals surface area contributed by atoms with Gasteiger partial charge in [-0.25, -0.2) is 0 Å². The molecular weight excluding hydrogens is 250 g/mol. The van der Waals surface area contributed by atoms with Gasteiger partial charge < -0.3 is 10.4 Å². The van der Waals surface area contributed by atoms with Crippen molar-refractivity contribution in [2.45, 2.75) is 19.8 Å². The van der Waals surface area contributed by atoms with Gasteiger partial charge in [0.25, 0.3) is 0 Å². The zero-order chi connectivity index (χ0) is 13.4. The Bertz CT molecular complexity index is 412. The molecule has 18 heavy (non-hydrogen) atoms. The fourth-order valence-corrected chi connectivity index (χ4v) is 1.96. The van der Waals surface area contributed by atoms with E-state index in [0.717, 1.165) is 4.88 Å². The molecule has 0 saturated heterocycles. The van der Waals surface area contributed by atoms with E-state index >= 15 is 0 Å². The summed E-state index contributed by atoms with van der Waals surface area (Å²) in [4.78, 5) is 23.0. The third kappa shape index (κ3) is 5.63. The number of aliphatic carboxylic acids is 1. The van der Waals surface area contributed by atoms with Crippen LogP contribution in [0.3, 0.4) is 0 Å². The standard InChI is InChI=1S/C13H17NO3S/c1-10(13(16)17)4-2-8-14-12(15)7-6-11-5-3-9-18-11/h3,5-7,9-10H,2,4,8H2,1H3,(H,14,15)(H,16,17)/b7-6+. The molecule has 0 bridgehead atoms. The summed E-state index contributed by atoms with van der Waals surface area (Å²) in [6.45, 7) is 2.17. The van der Waals surface area contributed by atoms with Gasteiger partial charge in [-0.3, -0.25) is 9.59 Å². The molecule has 1 rings (SSSR count). The van der Waals surface area contributed by atoms with Gasteiger partial charge in [0, 0.05) is 17.5 Å². The quantitative estimate of drug-likeness (QED) is 0.589. The normalized spacial score (nSPS) is 12.5. The zero-order valence-corrected chi connectivity index (χ0v) is 11.1. The maximum absolute atomic E-state index is 11.4. The van der Waals surface area contributed by atoms with Crippen molar-refractivity contribution in [3.05, 3.63) is 28.5 Å². The lowest BCUT2D eigenvalue weighted by Crippen LogP contribution is -2.23. The lowest BCUT2D eigenvalue weighted by Gasteiger charge is -2.05. The van der Waals surface area contributed by atoms with Crippen LogP contribution >= 0.6 is 11.3 Å². The van der Waals surface area contributed by atoms with Crippen LogP contribution in [0.5, 0.6) is 0 Å². The Morgan fingerprint density at radius 3 is 2.94 bits per heavy atom. The van der Waals surface area contributed by atoms with Gasteiger partial charge in [0.15, 0.2) is 0 Å². The van der Waals surface area contributed by atoms with Crippen LogP contribution in [0, 0.1) is 5.92 Å². The molecule has 1 aromatic heterocycles. The number of nitrogens with one attached hydrogen (secondary N) is 1. The maximum Gasteiger partial charge on any atom is 0.306 e. The first-order valence-corrected chi connectivity index (χ1v) is 6.70. The SMILES string of the molecule is CC(CCCNC(=O)/C=C/c1cccs1)C(=O)O. The fraction of sp³-hybridized carbons (Fsp3) is 0.385. The van der Waals surface area contributed by atoms with Crippen molar-refractivity contribution in [2.75, 3.05) is 6.54 Å². The molecule has 5 heteroatoms. The minimum Gasteiger partial charge on any atom is -0.481 e. The number of thiophene rings is 1. The van der Waals surface area contributed by atoms with E-state index in [2.05, 4.69) is 5.32 Å². The summed E-state index contributed by atoms with van der Waals surface area (Å²) in [5, 5.41) is 13.4. The van der Waals surface area contributed by atoms with Crippen molar-refractivity contribution in [1.82, 2.24) is 5.32 Å². The summed E-state index contributed by atoms with van der Waals surface area (Å²) in [6.07, 6.45) is 4.50. The van der Waals surface area contributed by atoms with Crippen molar-refractivity contribution in [2.24, 2.45) is 5.92 Å². The van der Waals surface area contributed by atoms with Crippen LogP contribution in [0.15, 0.2) is 23.6 Å². The van der Waals surface area contributed by atoms with Crippen molar-refractivity contribution >= 4 is 29.3 Å². The molecule has 1 atom stereocenters. The highest BCUT2D eigenvalue weighted by Crippen LogP contribution is 2.09. The molecule has 2 N–H and O–H groups in total. The second kappa shape index (κ2) is 7.66. The van der Waals surface area contributed by atoms with Gasteiger partial charge in [-0.05, 0) is 30.4 Å². The van der Waals surface area contributed by atoms with Crippen molar-refractivity contribution < 1.29 is 14.7 Å². The largest absolute Gasteiger partial charge is 0.481 e. The molecule has 1 amide bonds. The predicted octanol–water partition coefficient (Wildman–Crippen LogP) is 2.38. The first kappa shape index (κ1) is 14.4. The lowest BCUT2D eigenvalue weighted by molar-refractivity contribution is -0.141. The molecule has 0 aliphatic heterocycles. The molecule has 0 fully saturated rings. The molecule has 0 aromatic carbocycles. The van der Waals surface area contributed by atoms with Crippen LogP contribution in [0.4, 0.5) is 0 Å². The summed E-state index contributed by atoms with van der Waals surface area (Å²) >= 11 is 1.57. The van der Waals surface area contributed by atoms with Gasteiger partial charge in [0.05, 0.1) is 5.92 Å². The second-order valence-corrected chi connectivity index (χ2v) is 5.00. The number of amides is 1. The van der Waals surface area contributed by atoms with Crippen LogP contribution in [0.2, 0.25) is 0 Å². The molecule has 1 unspecified atom stereocenters. The van der Waals surface area contributed by atoms with Crippen molar-refractivity contribution in [3.63, 3.8) is 0 Å². The third-order valence-corrected chi connectivity index (χ3v) is 3.31. The topological polar surface area (TPSA) is 66.4 Å². The molecule has 0 radical (unpaired) electrons. The fourth-order valence-electron chi connectivity index (χ4n) is 1.35. The molecule has 1 aromatic rings. The van der Waals surface area contributed by atoms with Crippen LogP contribution in [0.25, 0.3) is 6.08 Å². The summed E-state index contributed by atoms with van der Waals surface area (Å²) < 4.78 is 0. The molecule has 0 spiro atoms. The van der Waals surface area contributed by atoms with Gasteiger partial charge in [-0.1, -0.05) is 13.0 Å². The maximum atomic E-state index is 11.4. The van der Waals surface area contributed by atoms with E-state index in [1.807, 2.05) is 17.5 Å². The molecule has 0 saturated carbocycles. The Morgan fingerprint density at radius 2 is 2.33 bits per heavy atom.